The number of anilines is 1. The van der Waals surface area contributed by atoms with Crippen LogP contribution in [0.3, 0.4) is 0 Å². The van der Waals surface area contributed by atoms with Gasteiger partial charge in [-0.25, -0.2) is 0 Å². The quantitative estimate of drug-likeness (QED) is 0.799. The second kappa shape index (κ2) is 6.69. The van der Waals surface area contributed by atoms with Crippen molar-refractivity contribution in [1.29, 1.82) is 0 Å². The van der Waals surface area contributed by atoms with E-state index in [9.17, 15) is 9.90 Å². The van der Waals surface area contributed by atoms with Crippen LogP contribution >= 0.6 is 0 Å². The molecule has 0 fully saturated rings. The van der Waals surface area contributed by atoms with E-state index in [1.54, 1.807) is 31.3 Å². The first-order chi connectivity index (χ1) is 11.6. The van der Waals surface area contributed by atoms with Crippen molar-refractivity contribution >= 4 is 11.6 Å². The molecule has 3 aromatic rings. The molecule has 0 spiro atoms. The van der Waals surface area contributed by atoms with Gasteiger partial charge in [-0.1, -0.05) is 78.9 Å². The molecule has 24 heavy (non-hydrogen) atoms. The van der Waals surface area contributed by atoms with Gasteiger partial charge >= 0.3 is 0 Å². The number of hydrogen-bond acceptors (Lipinski definition) is 2. The molecule has 0 aromatic heterocycles. The molecule has 1 amide bonds. The maximum atomic E-state index is 13.2. The molecule has 0 aliphatic rings. The van der Waals surface area contributed by atoms with Gasteiger partial charge in [0.2, 0.25) is 0 Å². The first kappa shape index (κ1) is 16.0. The minimum Gasteiger partial charge on any atom is -0.372 e. The summed E-state index contributed by atoms with van der Waals surface area (Å²) in [6.45, 7) is 0. The highest BCUT2D eigenvalue weighted by Crippen LogP contribution is 2.32. The summed E-state index contributed by atoms with van der Waals surface area (Å²) in [4.78, 5) is 14.7. The molecule has 0 saturated heterocycles. The van der Waals surface area contributed by atoms with E-state index in [1.165, 1.54) is 4.90 Å². The summed E-state index contributed by atoms with van der Waals surface area (Å²) in [7, 11) is 1.68. The SMILES string of the molecule is CN(C(=O)C(O)(c1ccccc1)c1ccccc1)c1ccccc1. The van der Waals surface area contributed by atoms with E-state index < -0.39 is 11.5 Å². The minimum atomic E-state index is -1.74. The molecule has 0 atom stereocenters. The van der Waals surface area contributed by atoms with Crippen molar-refractivity contribution in [2.24, 2.45) is 0 Å². The molecule has 0 heterocycles. The Labute approximate surface area is 141 Å². The second-order valence-electron chi connectivity index (χ2n) is 5.64. The highest BCUT2D eigenvalue weighted by atomic mass is 16.3. The summed E-state index contributed by atoms with van der Waals surface area (Å²) in [6.07, 6.45) is 0. The first-order valence-corrected chi connectivity index (χ1v) is 7.80. The van der Waals surface area contributed by atoms with E-state index in [4.69, 9.17) is 0 Å². The summed E-state index contributed by atoms with van der Waals surface area (Å²) in [6, 6.07) is 27.4. The molecule has 120 valence electrons. The zero-order valence-corrected chi connectivity index (χ0v) is 13.5. The van der Waals surface area contributed by atoms with Crippen molar-refractivity contribution in [2.75, 3.05) is 11.9 Å². The summed E-state index contributed by atoms with van der Waals surface area (Å²) < 4.78 is 0. The average Bonchev–Trinajstić information content (AvgIpc) is 2.68. The van der Waals surface area contributed by atoms with Gasteiger partial charge in [0.05, 0.1) is 0 Å². The number of rotatable bonds is 4. The zero-order valence-electron chi connectivity index (χ0n) is 13.5. The largest absolute Gasteiger partial charge is 0.372 e. The van der Waals surface area contributed by atoms with Gasteiger partial charge in [-0.3, -0.25) is 4.79 Å². The van der Waals surface area contributed by atoms with Crippen LogP contribution in [0.15, 0.2) is 91.0 Å². The Morgan fingerprint density at radius 3 is 1.54 bits per heavy atom. The fraction of sp³-hybridized carbons (Fsp3) is 0.0952. The van der Waals surface area contributed by atoms with Crippen molar-refractivity contribution in [1.82, 2.24) is 0 Å². The smallest absolute Gasteiger partial charge is 0.268 e. The molecule has 3 nitrogen and oxygen atoms in total. The number of carbonyl (C=O) groups is 1. The van der Waals surface area contributed by atoms with Gasteiger partial charge in [-0.2, -0.15) is 0 Å². The van der Waals surface area contributed by atoms with Crippen LogP contribution in [0.25, 0.3) is 0 Å². The van der Waals surface area contributed by atoms with Gasteiger partial charge in [0.15, 0.2) is 5.60 Å². The summed E-state index contributed by atoms with van der Waals surface area (Å²) in [5.41, 5.74) is 0.0772. The van der Waals surface area contributed by atoms with E-state index in [1.807, 2.05) is 66.7 Å². The Kier molecular flexibility index (Phi) is 4.45. The van der Waals surface area contributed by atoms with E-state index in [2.05, 4.69) is 0 Å². The molecule has 3 heteroatoms. The number of amides is 1. The van der Waals surface area contributed by atoms with Crippen molar-refractivity contribution < 1.29 is 9.90 Å². The lowest BCUT2D eigenvalue weighted by molar-refractivity contribution is -0.133. The van der Waals surface area contributed by atoms with Crippen LogP contribution in [0.4, 0.5) is 5.69 Å². The molecule has 0 saturated carbocycles. The number of benzene rings is 3. The standard InChI is InChI=1S/C21H19NO2/c1-22(19-15-9-4-10-16-19)20(23)21(24,17-11-5-2-6-12-17)18-13-7-3-8-14-18/h2-16,24H,1H3. The van der Waals surface area contributed by atoms with Crippen LogP contribution in [0, 0.1) is 0 Å². The predicted octanol–water partition coefficient (Wildman–Crippen LogP) is 3.59. The fourth-order valence-electron chi connectivity index (χ4n) is 2.78. The van der Waals surface area contributed by atoms with Crippen LogP contribution in [-0.2, 0) is 10.4 Å². The Morgan fingerprint density at radius 2 is 1.12 bits per heavy atom. The zero-order chi connectivity index (χ0) is 17.0. The fourth-order valence-corrected chi connectivity index (χ4v) is 2.78. The van der Waals surface area contributed by atoms with Crippen molar-refractivity contribution in [3.8, 4) is 0 Å². The van der Waals surface area contributed by atoms with Gasteiger partial charge in [0.1, 0.15) is 0 Å². The predicted molar refractivity (Wildman–Crippen MR) is 95.7 cm³/mol. The second-order valence-corrected chi connectivity index (χ2v) is 5.64. The molecule has 0 radical (unpaired) electrons. The molecule has 0 aliphatic heterocycles. The van der Waals surface area contributed by atoms with Crippen LogP contribution < -0.4 is 4.90 Å². The average molecular weight is 317 g/mol. The number of carbonyl (C=O) groups excluding carboxylic acids is 1. The maximum absolute atomic E-state index is 13.2. The highest BCUT2D eigenvalue weighted by molar-refractivity contribution is 6.01. The lowest BCUT2D eigenvalue weighted by Gasteiger charge is -2.32. The van der Waals surface area contributed by atoms with Crippen LogP contribution in [0.2, 0.25) is 0 Å². The third-order valence-electron chi connectivity index (χ3n) is 4.14. The first-order valence-electron chi connectivity index (χ1n) is 7.80. The van der Waals surface area contributed by atoms with Gasteiger partial charge in [0, 0.05) is 12.7 Å². The third kappa shape index (κ3) is 2.82. The van der Waals surface area contributed by atoms with Gasteiger partial charge < -0.3 is 10.0 Å². The minimum absolute atomic E-state index is 0.397. The van der Waals surface area contributed by atoms with E-state index in [0.717, 1.165) is 5.69 Å². The van der Waals surface area contributed by atoms with Crippen molar-refractivity contribution in [3.05, 3.63) is 102 Å². The Hall–Kier alpha value is -2.91. The molecule has 1 N–H and O–H groups in total. The monoisotopic (exact) mass is 317 g/mol. The Morgan fingerprint density at radius 1 is 0.750 bits per heavy atom. The number of hydrogen-bond donors (Lipinski definition) is 1. The summed E-state index contributed by atoms with van der Waals surface area (Å²) in [5, 5.41) is 11.5. The third-order valence-corrected chi connectivity index (χ3v) is 4.14. The van der Waals surface area contributed by atoms with Crippen LogP contribution in [-0.4, -0.2) is 18.1 Å². The van der Waals surface area contributed by atoms with E-state index >= 15 is 0 Å². The molecule has 0 bridgehead atoms. The molecule has 0 aliphatic carbocycles. The number of aliphatic hydroxyl groups is 1. The summed E-state index contributed by atoms with van der Waals surface area (Å²) in [5.74, 6) is -0.397. The topological polar surface area (TPSA) is 40.5 Å². The van der Waals surface area contributed by atoms with Crippen molar-refractivity contribution in [3.63, 3.8) is 0 Å². The van der Waals surface area contributed by atoms with Gasteiger partial charge in [0.25, 0.3) is 5.91 Å². The Balaban J connectivity index is 2.10. The van der Waals surface area contributed by atoms with Crippen LogP contribution in [0.5, 0.6) is 0 Å². The lowest BCUT2D eigenvalue weighted by atomic mass is 9.85. The number of likely N-dealkylation sites (N-methyl/N-ethyl adjacent to an activating group) is 1. The highest BCUT2D eigenvalue weighted by Gasteiger charge is 2.42. The van der Waals surface area contributed by atoms with Gasteiger partial charge in [-0.05, 0) is 23.3 Å². The number of para-hydroxylation sites is 1. The van der Waals surface area contributed by atoms with E-state index in [-0.39, 0.29) is 0 Å². The molecule has 3 aromatic carbocycles. The van der Waals surface area contributed by atoms with E-state index in [0.29, 0.717) is 11.1 Å². The molecule has 3 rings (SSSR count). The normalized spacial score (nSPS) is 11.1. The lowest BCUT2D eigenvalue weighted by Crippen LogP contribution is -2.46. The molecular formula is C21H19NO2. The maximum Gasteiger partial charge on any atom is 0.268 e. The van der Waals surface area contributed by atoms with Crippen LogP contribution in [0.1, 0.15) is 11.1 Å². The Bertz CT molecular complexity index is 762. The van der Waals surface area contributed by atoms with Crippen molar-refractivity contribution in [2.45, 2.75) is 5.60 Å². The van der Waals surface area contributed by atoms with Gasteiger partial charge in [-0.15, -0.1) is 0 Å². The summed E-state index contributed by atoms with van der Waals surface area (Å²) >= 11 is 0. The number of nitrogens with zero attached hydrogens (tertiary/aromatic N) is 1. The molecule has 0 unspecified atom stereocenters. The molecular weight excluding hydrogens is 298 g/mol.